The molecule has 154 valence electrons. The standard InChI is InChI=1S/C19H26N2O5S2/c1-2-26-19(23)17-14-27-13-12-21(17)18(22)15-6-8-16(9-7-15)28(24,25)20-10-4-3-5-11-20/h6-9,17H,2-5,10-14H2,1H3. The normalized spacial score (nSPS) is 21.3. The van der Waals surface area contributed by atoms with Crippen LogP contribution in [-0.2, 0) is 19.6 Å². The summed E-state index contributed by atoms with van der Waals surface area (Å²) >= 11 is 1.62. The highest BCUT2D eigenvalue weighted by molar-refractivity contribution is 7.99. The Kier molecular flexibility index (Phi) is 7.00. The third kappa shape index (κ3) is 4.52. The van der Waals surface area contributed by atoms with E-state index >= 15 is 0 Å². The fourth-order valence-electron chi connectivity index (χ4n) is 3.47. The topological polar surface area (TPSA) is 84.0 Å². The molecule has 1 atom stereocenters. The number of sulfonamides is 1. The third-order valence-corrected chi connectivity index (χ3v) is 7.94. The minimum Gasteiger partial charge on any atom is -0.464 e. The molecule has 28 heavy (non-hydrogen) atoms. The van der Waals surface area contributed by atoms with Crippen molar-refractivity contribution in [2.75, 3.05) is 37.7 Å². The van der Waals surface area contributed by atoms with E-state index in [0.29, 0.717) is 31.0 Å². The number of hydrogen-bond acceptors (Lipinski definition) is 6. The molecule has 1 aromatic carbocycles. The molecule has 0 bridgehead atoms. The fourth-order valence-corrected chi connectivity index (χ4v) is 6.02. The van der Waals surface area contributed by atoms with E-state index < -0.39 is 22.0 Å². The second kappa shape index (κ2) is 9.28. The van der Waals surface area contributed by atoms with Crippen LogP contribution in [0.1, 0.15) is 36.5 Å². The predicted molar refractivity (Wildman–Crippen MR) is 108 cm³/mol. The molecule has 0 aromatic heterocycles. The zero-order valence-electron chi connectivity index (χ0n) is 16.0. The number of ether oxygens (including phenoxy) is 1. The molecule has 0 aliphatic carbocycles. The molecule has 1 unspecified atom stereocenters. The molecule has 2 saturated heterocycles. The Morgan fingerprint density at radius 1 is 1.11 bits per heavy atom. The minimum absolute atomic E-state index is 0.196. The van der Waals surface area contributed by atoms with Crippen molar-refractivity contribution in [1.29, 1.82) is 0 Å². The number of rotatable bonds is 5. The van der Waals surface area contributed by atoms with Crippen LogP contribution in [0.4, 0.5) is 0 Å². The molecule has 0 N–H and O–H groups in total. The summed E-state index contributed by atoms with van der Waals surface area (Å²) in [6, 6.07) is 5.42. The molecule has 2 aliphatic heterocycles. The molecule has 2 fully saturated rings. The van der Waals surface area contributed by atoms with Gasteiger partial charge in [0.15, 0.2) is 0 Å². The second-order valence-electron chi connectivity index (χ2n) is 6.83. The molecule has 9 heteroatoms. The van der Waals surface area contributed by atoms with E-state index in [-0.39, 0.29) is 17.4 Å². The van der Waals surface area contributed by atoms with Gasteiger partial charge in [-0.15, -0.1) is 0 Å². The van der Waals surface area contributed by atoms with Crippen LogP contribution in [0, 0.1) is 0 Å². The number of carbonyl (C=O) groups excluding carboxylic acids is 2. The maximum atomic E-state index is 12.9. The lowest BCUT2D eigenvalue weighted by Gasteiger charge is -2.33. The van der Waals surface area contributed by atoms with Gasteiger partial charge >= 0.3 is 5.97 Å². The number of thioether (sulfide) groups is 1. The lowest BCUT2D eigenvalue weighted by molar-refractivity contribution is -0.147. The minimum atomic E-state index is -3.53. The largest absolute Gasteiger partial charge is 0.464 e. The number of benzene rings is 1. The molecular formula is C19H26N2O5S2. The van der Waals surface area contributed by atoms with Gasteiger partial charge in [0, 0.05) is 36.7 Å². The quantitative estimate of drug-likeness (QED) is 0.670. The van der Waals surface area contributed by atoms with Gasteiger partial charge in [-0.25, -0.2) is 13.2 Å². The van der Waals surface area contributed by atoms with Crippen LogP contribution in [-0.4, -0.2) is 73.3 Å². The van der Waals surface area contributed by atoms with E-state index in [1.807, 2.05) is 0 Å². The second-order valence-corrected chi connectivity index (χ2v) is 9.92. The van der Waals surface area contributed by atoms with Gasteiger partial charge in [0.1, 0.15) is 6.04 Å². The first-order chi connectivity index (χ1) is 13.4. The monoisotopic (exact) mass is 426 g/mol. The van der Waals surface area contributed by atoms with Gasteiger partial charge in [0.05, 0.1) is 11.5 Å². The molecule has 1 aromatic rings. The molecule has 0 spiro atoms. The molecule has 2 heterocycles. The first kappa shape index (κ1) is 21.1. The van der Waals surface area contributed by atoms with Gasteiger partial charge in [-0.2, -0.15) is 16.1 Å². The number of esters is 1. The van der Waals surface area contributed by atoms with E-state index in [1.165, 1.54) is 33.5 Å². The SMILES string of the molecule is CCOC(=O)C1CSCCN1C(=O)c1ccc(S(=O)(=O)N2CCCCC2)cc1. The Morgan fingerprint density at radius 3 is 2.43 bits per heavy atom. The molecule has 0 saturated carbocycles. The smallest absolute Gasteiger partial charge is 0.329 e. The van der Waals surface area contributed by atoms with Gasteiger partial charge in [-0.05, 0) is 44.0 Å². The Balaban J connectivity index is 1.76. The summed E-state index contributed by atoms with van der Waals surface area (Å²) in [5, 5.41) is 0. The summed E-state index contributed by atoms with van der Waals surface area (Å²) in [7, 11) is -3.53. The van der Waals surface area contributed by atoms with E-state index in [0.717, 1.165) is 25.0 Å². The zero-order valence-corrected chi connectivity index (χ0v) is 17.6. The maximum absolute atomic E-state index is 12.9. The summed E-state index contributed by atoms with van der Waals surface area (Å²) in [4.78, 5) is 26.8. The van der Waals surface area contributed by atoms with Crippen molar-refractivity contribution in [3.8, 4) is 0 Å². The molecular weight excluding hydrogens is 400 g/mol. The molecule has 0 radical (unpaired) electrons. The third-order valence-electron chi connectivity index (χ3n) is 5.00. The number of hydrogen-bond donors (Lipinski definition) is 0. The summed E-state index contributed by atoms with van der Waals surface area (Å²) in [6.07, 6.45) is 2.80. The zero-order chi connectivity index (χ0) is 20.1. The van der Waals surface area contributed by atoms with Gasteiger partial charge < -0.3 is 9.64 Å². The van der Waals surface area contributed by atoms with Crippen molar-refractivity contribution >= 4 is 33.7 Å². The maximum Gasteiger partial charge on any atom is 0.329 e. The van der Waals surface area contributed by atoms with Crippen molar-refractivity contribution in [2.24, 2.45) is 0 Å². The Morgan fingerprint density at radius 2 is 1.79 bits per heavy atom. The van der Waals surface area contributed by atoms with Crippen molar-refractivity contribution in [3.05, 3.63) is 29.8 Å². The van der Waals surface area contributed by atoms with Crippen LogP contribution >= 0.6 is 11.8 Å². The van der Waals surface area contributed by atoms with Crippen molar-refractivity contribution in [3.63, 3.8) is 0 Å². The Labute approximate surface area is 170 Å². The van der Waals surface area contributed by atoms with Crippen LogP contribution in [0.25, 0.3) is 0 Å². The Bertz CT molecular complexity index is 804. The van der Waals surface area contributed by atoms with Gasteiger partial charge in [-0.1, -0.05) is 6.42 Å². The molecule has 3 rings (SSSR count). The predicted octanol–water partition coefficient (Wildman–Crippen LogP) is 1.98. The summed E-state index contributed by atoms with van der Waals surface area (Å²) in [6.45, 7) is 3.54. The highest BCUT2D eigenvalue weighted by Crippen LogP contribution is 2.23. The van der Waals surface area contributed by atoms with Gasteiger partial charge in [0.25, 0.3) is 5.91 Å². The van der Waals surface area contributed by atoms with Crippen LogP contribution in [0.15, 0.2) is 29.2 Å². The lowest BCUT2D eigenvalue weighted by Crippen LogP contribution is -2.51. The first-order valence-corrected chi connectivity index (χ1v) is 12.2. The van der Waals surface area contributed by atoms with E-state index in [2.05, 4.69) is 0 Å². The highest BCUT2D eigenvalue weighted by atomic mass is 32.2. The number of carbonyl (C=O) groups is 2. The van der Waals surface area contributed by atoms with E-state index in [9.17, 15) is 18.0 Å². The summed E-state index contributed by atoms with van der Waals surface area (Å²) < 4.78 is 32.1. The van der Waals surface area contributed by atoms with E-state index in [4.69, 9.17) is 4.74 Å². The average molecular weight is 427 g/mol. The van der Waals surface area contributed by atoms with Crippen LogP contribution in [0.5, 0.6) is 0 Å². The first-order valence-electron chi connectivity index (χ1n) is 9.60. The van der Waals surface area contributed by atoms with Crippen LogP contribution in [0.3, 0.4) is 0 Å². The Hall–Kier alpha value is -1.58. The van der Waals surface area contributed by atoms with Crippen molar-refractivity contribution in [2.45, 2.75) is 37.1 Å². The average Bonchev–Trinajstić information content (AvgIpc) is 2.74. The van der Waals surface area contributed by atoms with Crippen molar-refractivity contribution < 1.29 is 22.7 Å². The number of nitrogens with zero attached hydrogens (tertiary/aromatic N) is 2. The van der Waals surface area contributed by atoms with E-state index in [1.54, 1.807) is 18.7 Å². The van der Waals surface area contributed by atoms with Crippen LogP contribution in [0.2, 0.25) is 0 Å². The molecule has 2 aliphatic rings. The summed E-state index contributed by atoms with van der Waals surface area (Å²) in [5.41, 5.74) is 0.374. The van der Waals surface area contributed by atoms with Crippen molar-refractivity contribution in [1.82, 2.24) is 9.21 Å². The molecule has 1 amide bonds. The number of piperidine rings is 1. The highest BCUT2D eigenvalue weighted by Gasteiger charge is 2.34. The lowest BCUT2D eigenvalue weighted by atomic mass is 10.1. The summed E-state index contributed by atoms with van der Waals surface area (Å²) in [5.74, 6) is 0.585. The molecule has 7 nitrogen and oxygen atoms in total. The van der Waals surface area contributed by atoms with Gasteiger partial charge in [-0.3, -0.25) is 4.79 Å². The number of amides is 1. The van der Waals surface area contributed by atoms with Gasteiger partial charge in [0.2, 0.25) is 10.0 Å². The van der Waals surface area contributed by atoms with Crippen LogP contribution < -0.4 is 0 Å². The fraction of sp³-hybridized carbons (Fsp3) is 0.579.